The molecular weight excluding hydrogens is 263 g/mol. The smallest absolute Gasteiger partial charge is 0.123 e. The van der Waals surface area contributed by atoms with E-state index in [0.717, 1.165) is 12.0 Å². The minimum absolute atomic E-state index is 0.0912. The van der Waals surface area contributed by atoms with Gasteiger partial charge in [-0.3, -0.25) is 11.3 Å². The molecule has 19 heavy (non-hydrogen) atoms. The molecule has 108 valence electrons. The summed E-state index contributed by atoms with van der Waals surface area (Å²) in [6, 6.07) is 4.53. The first kappa shape index (κ1) is 16.4. The molecule has 0 aliphatic rings. The summed E-state index contributed by atoms with van der Waals surface area (Å²) in [7, 11) is 0. The first-order valence-corrected chi connectivity index (χ1v) is 7.02. The molecule has 0 saturated carbocycles. The van der Waals surface area contributed by atoms with Crippen LogP contribution in [0, 0.1) is 17.2 Å². The van der Waals surface area contributed by atoms with Crippen molar-refractivity contribution in [1.29, 1.82) is 0 Å². The average molecular weight is 287 g/mol. The number of hydrogen-bond acceptors (Lipinski definition) is 2. The molecule has 0 aromatic heterocycles. The molecule has 0 aliphatic heterocycles. The van der Waals surface area contributed by atoms with Gasteiger partial charge in [-0.2, -0.15) is 0 Å². The minimum Gasteiger partial charge on any atom is -0.271 e. The van der Waals surface area contributed by atoms with E-state index < -0.39 is 0 Å². The third kappa shape index (κ3) is 5.09. The Morgan fingerprint density at radius 1 is 1.37 bits per heavy atom. The third-order valence-corrected chi connectivity index (χ3v) is 4.19. The van der Waals surface area contributed by atoms with Gasteiger partial charge in [0, 0.05) is 11.1 Å². The van der Waals surface area contributed by atoms with Crippen molar-refractivity contribution in [2.24, 2.45) is 17.2 Å². The highest BCUT2D eigenvalue weighted by molar-refractivity contribution is 6.31. The summed E-state index contributed by atoms with van der Waals surface area (Å²) in [5.41, 5.74) is 3.84. The standard InChI is InChI=1S/C15H24ClFN2/c1-10(15(2,3)4)7-13(19-18)9-11-8-12(17)5-6-14(11)16/h5-6,8,10,13,19H,7,9,18H2,1-4H3. The molecule has 0 bridgehead atoms. The first-order valence-electron chi connectivity index (χ1n) is 6.64. The second-order valence-electron chi connectivity index (χ2n) is 6.31. The Morgan fingerprint density at radius 2 is 2.00 bits per heavy atom. The maximum absolute atomic E-state index is 13.2. The van der Waals surface area contributed by atoms with Crippen LogP contribution < -0.4 is 11.3 Å². The van der Waals surface area contributed by atoms with Gasteiger partial charge in [-0.15, -0.1) is 0 Å². The van der Waals surface area contributed by atoms with E-state index in [1.807, 2.05) is 0 Å². The van der Waals surface area contributed by atoms with Crippen LogP contribution in [0.1, 0.15) is 39.7 Å². The first-order chi connectivity index (χ1) is 8.74. The van der Waals surface area contributed by atoms with Crippen LogP contribution in [-0.2, 0) is 6.42 Å². The summed E-state index contributed by atoms with van der Waals surface area (Å²) in [4.78, 5) is 0. The zero-order chi connectivity index (χ0) is 14.6. The van der Waals surface area contributed by atoms with Crippen molar-refractivity contribution in [2.75, 3.05) is 0 Å². The van der Waals surface area contributed by atoms with Crippen molar-refractivity contribution in [2.45, 2.75) is 46.6 Å². The lowest BCUT2D eigenvalue weighted by atomic mass is 9.78. The highest BCUT2D eigenvalue weighted by Crippen LogP contribution is 2.30. The van der Waals surface area contributed by atoms with Crippen molar-refractivity contribution in [1.82, 2.24) is 5.43 Å². The van der Waals surface area contributed by atoms with E-state index in [1.165, 1.54) is 12.1 Å². The molecule has 0 aliphatic carbocycles. The zero-order valence-electron chi connectivity index (χ0n) is 12.1. The fourth-order valence-electron chi connectivity index (χ4n) is 1.96. The van der Waals surface area contributed by atoms with Gasteiger partial charge in [0.25, 0.3) is 0 Å². The molecule has 3 N–H and O–H groups in total. The molecule has 0 saturated heterocycles. The van der Waals surface area contributed by atoms with Crippen LogP contribution in [0.15, 0.2) is 18.2 Å². The number of hydrazine groups is 1. The fourth-order valence-corrected chi connectivity index (χ4v) is 2.15. The summed E-state index contributed by atoms with van der Waals surface area (Å²) in [6.07, 6.45) is 1.56. The van der Waals surface area contributed by atoms with Crippen LogP contribution in [0.25, 0.3) is 0 Å². The molecule has 2 nitrogen and oxygen atoms in total. The van der Waals surface area contributed by atoms with E-state index in [2.05, 4.69) is 33.1 Å². The zero-order valence-corrected chi connectivity index (χ0v) is 12.9. The molecule has 0 fully saturated rings. The van der Waals surface area contributed by atoms with Crippen molar-refractivity contribution >= 4 is 11.6 Å². The maximum Gasteiger partial charge on any atom is 0.123 e. The Bertz CT molecular complexity index is 415. The van der Waals surface area contributed by atoms with Crippen molar-refractivity contribution in [3.63, 3.8) is 0 Å². The summed E-state index contributed by atoms with van der Waals surface area (Å²) < 4.78 is 13.2. The van der Waals surface area contributed by atoms with Crippen LogP contribution in [0.3, 0.4) is 0 Å². The minimum atomic E-state index is -0.265. The molecule has 0 radical (unpaired) electrons. The molecule has 0 amide bonds. The number of nitrogens with two attached hydrogens (primary N) is 1. The Labute approximate surface area is 120 Å². The molecule has 0 heterocycles. The van der Waals surface area contributed by atoms with Gasteiger partial charge in [0.05, 0.1) is 0 Å². The molecule has 2 atom stereocenters. The van der Waals surface area contributed by atoms with E-state index in [1.54, 1.807) is 6.07 Å². The van der Waals surface area contributed by atoms with Gasteiger partial charge >= 0.3 is 0 Å². The summed E-state index contributed by atoms with van der Waals surface area (Å²) in [5.74, 6) is 5.85. The van der Waals surface area contributed by atoms with Gasteiger partial charge in [-0.25, -0.2) is 4.39 Å². The van der Waals surface area contributed by atoms with Crippen LogP contribution in [-0.4, -0.2) is 6.04 Å². The molecular formula is C15H24ClFN2. The third-order valence-electron chi connectivity index (χ3n) is 3.83. The lowest BCUT2D eigenvalue weighted by molar-refractivity contribution is 0.222. The van der Waals surface area contributed by atoms with E-state index in [9.17, 15) is 4.39 Å². The maximum atomic E-state index is 13.2. The normalized spacial score (nSPS) is 15.3. The largest absolute Gasteiger partial charge is 0.271 e. The molecule has 1 aromatic carbocycles. The Morgan fingerprint density at radius 3 is 2.53 bits per heavy atom. The predicted molar refractivity (Wildman–Crippen MR) is 79.5 cm³/mol. The second kappa shape index (κ2) is 6.69. The van der Waals surface area contributed by atoms with Gasteiger partial charge in [0.15, 0.2) is 0 Å². The van der Waals surface area contributed by atoms with Crippen molar-refractivity contribution < 1.29 is 4.39 Å². The van der Waals surface area contributed by atoms with Gasteiger partial charge in [0.2, 0.25) is 0 Å². The van der Waals surface area contributed by atoms with E-state index in [4.69, 9.17) is 17.4 Å². The van der Waals surface area contributed by atoms with Gasteiger partial charge in [-0.1, -0.05) is 39.3 Å². The molecule has 1 rings (SSSR count). The summed E-state index contributed by atoms with van der Waals surface area (Å²) in [5, 5.41) is 0.588. The van der Waals surface area contributed by atoms with E-state index in [-0.39, 0.29) is 17.3 Å². The number of rotatable bonds is 5. The van der Waals surface area contributed by atoms with Gasteiger partial charge < -0.3 is 0 Å². The van der Waals surface area contributed by atoms with Crippen LogP contribution in [0.2, 0.25) is 5.02 Å². The highest BCUT2D eigenvalue weighted by Gasteiger charge is 2.23. The van der Waals surface area contributed by atoms with Gasteiger partial charge in [-0.05, 0) is 47.9 Å². The van der Waals surface area contributed by atoms with E-state index >= 15 is 0 Å². The summed E-state index contributed by atoms with van der Waals surface area (Å²) in [6.45, 7) is 8.83. The Balaban J connectivity index is 2.74. The number of hydrogen-bond donors (Lipinski definition) is 2. The molecule has 2 unspecified atom stereocenters. The monoisotopic (exact) mass is 286 g/mol. The van der Waals surface area contributed by atoms with E-state index in [0.29, 0.717) is 17.4 Å². The number of benzene rings is 1. The highest BCUT2D eigenvalue weighted by atomic mass is 35.5. The Kier molecular flexibility index (Phi) is 5.78. The molecule has 4 heteroatoms. The number of nitrogens with one attached hydrogen (secondary N) is 1. The van der Waals surface area contributed by atoms with Crippen LogP contribution in [0.5, 0.6) is 0 Å². The Hall–Kier alpha value is -0.640. The van der Waals surface area contributed by atoms with Crippen molar-refractivity contribution in [3.8, 4) is 0 Å². The second-order valence-corrected chi connectivity index (χ2v) is 6.71. The molecule has 1 aromatic rings. The predicted octanol–water partition coefficient (Wildman–Crippen LogP) is 3.93. The molecule has 0 spiro atoms. The van der Waals surface area contributed by atoms with Crippen LogP contribution >= 0.6 is 11.6 Å². The van der Waals surface area contributed by atoms with Crippen LogP contribution in [0.4, 0.5) is 4.39 Å². The fraction of sp³-hybridized carbons (Fsp3) is 0.600. The van der Waals surface area contributed by atoms with Crippen molar-refractivity contribution in [3.05, 3.63) is 34.6 Å². The average Bonchev–Trinajstić information content (AvgIpc) is 2.31. The lowest BCUT2D eigenvalue weighted by Crippen LogP contribution is -2.39. The topological polar surface area (TPSA) is 38.0 Å². The van der Waals surface area contributed by atoms with Gasteiger partial charge in [0.1, 0.15) is 5.82 Å². The summed E-state index contributed by atoms with van der Waals surface area (Å²) >= 11 is 6.09. The quantitative estimate of drug-likeness (QED) is 0.636. The SMILES string of the molecule is CC(CC(Cc1cc(F)ccc1Cl)NN)C(C)(C)C. The lowest BCUT2D eigenvalue weighted by Gasteiger charge is -2.30. The number of halogens is 2.